The molecule has 3 aliphatic rings. The highest BCUT2D eigenvalue weighted by Crippen LogP contribution is 2.49. The lowest BCUT2D eigenvalue weighted by molar-refractivity contribution is -0.117. The van der Waals surface area contributed by atoms with Gasteiger partial charge in [-0.25, -0.2) is 0 Å². The highest BCUT2D eigenvalue weighted by Gasteiger charge is 2.40. The first-order valence-corrected chi connectivity index (χ1v) is 8.95. The topological polar surface area (TPSA) is 47.6 Å². The van der Waals surface area contributed by atoms with Crippen molar-refractivity contribution in [2.45, 2.75) is 51.9 Å². The van der Waals surface area contributed by atoms with Crippen molar-refractivity contribution in [2.75, 3.05) is 12.1 Å². The summed E-state index contributed by atoms with van der Waals surface area (Å²) in [7, 11) is 0. The Kier molecular flexibility index (Phi) is 3.92. The van der Waals surface area contributed by atoms with Crippen LogP contribution in [-0.4, -0.2) is 12.7 Å². The van der Waals surface area contributed by atoms with E-state index in [0.717, 1.165) is 47.4 Å². The van der Waals surface area contributed by atoms with Crippen LogP contribution in [0.4, 0.5) is 5.69 Å². The molecule has 2 aliphatic carbocycles. The highest BCUT2D eigenvalue weighted by molar-refractivity contribution is 5.92. The van der Waals surface area contributed by atoms with Crippen molar-refractivity contribution >= 4 is 11.6 Å². The summed E-state index contributed by atoms with van der Waals surface area (Å²) < 4.78 is 10.9. The fourth-order valence-corrected chi connectivity index (χ4v) is 4.64. The SMILES string of the molecule is CCCc1cc2c(cc1NC(=O)C[C@H]1C[C@H]3CC[C@@H]1C3)OCO2. The van der Waals surface area contributed by atoms with Crippen LogP contribution in [-0.2, 0) is 11.2 Å². The van der Waals surface area contributed by atoms with Crippen LogP contribution in [0.2, 0.25) is 0 Å². The normalized spacial score (nSPS) is 27.4. The molecule has 0 unspecified atom stereocenters. The van der Waals surface area contributed by atoms with Crippen LogP contribution in [0.1, 0.15) is 51.0 Å². The number of ether oxygens (including phenoxy) is 2. The second-order valence-corrected chi connectivity index (χ2v) is 7.30. The van der Waals surface area contributed by atoms with Crippen LogP contribution < -0.4 is 14.8 Å². The number of anilines is 1. The molecular formula is C19H25NO3. The molecule has 0 aromatic heterocycles. The zero-order valence-corrected chi connectivity index (χ0v) is 13.8. The molecule has 1 N–H and O–H groups in total. The van der Waals surface area contributed by atoms with Crippen LogP contribution in [0, 0.1) is 17.8 Å². The van der Waals surface area contributed by atoms with Crippen LogP contribution in [0.15, 0.2) is 12.1 Å². The maximum atomic E-state index is 12.5. The minimum absolute atomic E-state index is 0.152. The van der Waals surface area contributed by atoms with E-state index in [1.54, 1.807) is 0 Å². The minimum Gasteiger partial charge on any atom is -0.454 e. The van der Waals surface area contributed by atoms with Crippen molar-refractivity contribution in [1.82, 2.24) is 0 Å². The molecule has 0 spiro atoms. The number of rotatable bonds is 5. The van der Waals surface area contributed by atoms with Gasteiger partial charge in [0.25, 0.3) is 0 Å². The zero-order chi connectivity index (χ0) is 15.8. The van der Waals surface area contributed by atoms with Crippen molar-refractivity contribution in [1.29, 1.82) is 0 Å². The molecule has 124 valence electrons. The highest BCUT2D eigenvalue weighted by atomic mass is 16.7. The number of benzene rings is 1. The van der Waals surface area contributed by atoms with Crippen molar-refractivity contribution in [3.8, 4) is 11.5 Å². The molecule has 0 saturated heterocycles. The minimum atomic E-state index is 0.152. The summed E-state index contributed by atoms with van der Waals surface area (Å²) in [6, 6.07) is 3.94. The summed E-state index contributed by atoms with van der Waals surface area (Å²) in [6.45, 7) is 2.41. The summed E-state index contributed by atoms with van der Waals surface area (Å²) in [6.07, 6.45) is 7.94. The third-order valence-electron chi connectivity index (χ3n) is 5.72. The zero-order valence-electron chi connectivity index (χ0n) is 13.8. The summed E-state index contributed by atoms with van der Waals surface area (Å²) in [5, 5.41) is 3.14. The molecule has 1 heterocycles. The fourth-order valence-electron chi connectivity index (χ4n) is 4.64. The number of fused-ring (bicyclic) bond motifs is 3. The number of carbonyl (C=O) groups excluding carboxylic acids is 1. The van der Waals surface area contributed by atoms with Gasteiger partial charge in [0.2, 0.25) is 12.7 Å². The second kappa shape index (κ2) is 6.06. The second-order valence-electron chi connectivity index (χ2n) is 7.30. The number of aryl methyl sites for hydroxylation is 1. The van der Waals surface area contributed by atoms with E-state index < -0.39 is 0 Å². The van der Waals surface area contributed by atoms with E-state index in [4.69, 9.17) is 9.47 Å². The van der Waals surface area contributed by atoms with Crippen molar-refractivity contribution in [3.63, 3.8) is 0 Å². The number of hydrogen-bond donors (Lipinski definition) is 1. The largest absolute Gasteiger partial charge is 0.454 e. The quantitative estimate of drug-likeness (QED) is 0.888. The fraction of sp³-hybridized carbons (Fsp3) is 0.632. The Morgan fingerprint density at radius 3 is 2.74 bits per heavy atom. The monoisotopic (exact) mass is 315 g/mol. The molecular weight excluding hydrogens is 290 g/mol. The molecule has 23 heavy (non-hydrogen) atoms. The Hall–Kier alpha value is -1.71. The number of hydrogen-bond acceptors (Lipinski definition) is 3. The first-order chi connectivity index (χ1) is 11.2. The van der Waals surface area contributed by atoms with Crippen molar-refractivity contribution in [3.05, 3.63) is 17.7 Å². The van der Waals surface area contributed by atoms with E-state index in [0.29, 0.717) is 12.3 Å². The molecule has 0 radical (unpaired) electrons. The molecule has 4 nitrogen and oxygen atoms in total. The molecule has 2 saturated carbocycles. The Morgan fingerprint density at radius 2 is 2.04 bits per heavy atom. The van der Waals surface area contributed by atoms with Gasteiger partial charge in [-0.2, -0.15) is 0 Å². The van der Waals surface area contributed by atoms with Crippen LogP contribution >= 0.6 is 0 Å². The smallest absolute Gasteiger partial charge is 0.231 e. The Bertz CT molecular complexity index is 613. The lowest BCUT2D eigenvalue weighted by atomic mass is 9.86. The molecule has 4 heteroatoms. The van der Waals surface area contributed by atoms with Crippen LogP contribution in [0.25, 0.3) is 0 Å². The van der Waals surface area contributed by atoms with E-state index >= 15 is 0 Å². The van der Waals surface area contributed by atoms with Gasteiger partial charge in [0, 0.05) is 18.2 Å². The van der Waals surface area contributed by atoms with Gasteiger partial charge in [-0.05, 0) is 55.1 Å². The van der Waals surface area contributed by atoms with E-state index in [9.17, 15) is 4.79 Å². The van der Waals surface area contributed by atoms with Gasteiger partial charge in [0.05, 0.1) is 0 Å². The standard InChI is InChI=1S/C19H25NO3/c1-2-3-14-8-17-18(23-11-22-17)10-16(14)20-19(21)9-15-7-12-4-5-13(15)6-12/h8,10,12-13,15H,2-7,9,11H2,1H3,(H,20,21)/t12-,13+,15+/m0/s1. The molecule has 2 bridgehead atoms. The Balaban J connectivity index is 1.46. The summed E-state index contributed by atoms with van der Waals surface area (Å²) >= 11 is 0. The number of nitrogens with one attached hydrogen (secondary N) is 1. The predicted molar refractivity (Wildman–Crippen MR) is 88.7 cm³/mol. The molecule has 4 rings (SSSR count). The maximum Gasteiger partial charge on any atom is 0.231 e. The lowest BCUT2D eigenvalue weighted by Crippen LogP contribution is -2.20. The van der Waals surface area contributed by atoms with Gasteiger partial charge in [0.15, 0.2) is 11.5 Å². The summed E-state index contributed by atoms with van der Waals surface area (Å²) in [5.74, 6) is 3.95. The Labute approximate surface area is 137 Å². The van der Waals surface area contributed by atoms with Gasteiger partial charge >= 0.3 is 0 Å². The lowest BCUT2D eigenvalue weighted by Gasteiger charge is -2.21. The predicted octanol–water partition coefficient (Wildman–Crippen LogP) is 4.13. The molecule has 2 fully saturated rings. The van der Waals surface area contributed by atoms with E-state index in [1.807, 2.05) is 12.1 Å². The van der Waals surface area contributed by atoms with E-state index in [-0.39, 0.29) is 12.7 Å². The van der Waals surface area contributed by atoms with Gasteiger partial charge in [-0.3, -0.25) is 4.79 Å². The molecule has 1 aromatic rings. The van der Waals surface area contributed by atoms with Crippen molar-refractivity contribution in [2.24, 2.45) is 17.8 Å². The van der Waals surface area contributed by atoms with Crippen LogP contribution in [0.3, 0.4) is 0 Å². The van der Waals surface area contributed by atoms with Gasteiger partial charge in [-0.15, -0.1) is 0 Å². The first-order valence-electron chi connectivity index (χ1n) is 8.95. The molecule has 1 aromatic carbocycles. The summed E-state index contributed by atoms with van der Waals surface area (Å²) in [4.78, 5) is 12.5. The average molecular weight is 315 g/mol. The molecule has 1 aliphatic heterocycles. The maximum absolute atomic E-state index is 12.5. The van der Waals surface area contributed by atoms with E-state index in [1.165, 1.54) is 25.7 Å². The van der Waals surface area contributed by atoms with Gasteiger partial charge in [-0.1, -0.05) is 19.8 Å². The number of amides is 1. The molecule has 1 amide bonds. The van der Waals surface area contributed by atoms with Crippen LogP contribution in [0.5, 0.6) is 11.5 Å². The van der Waals surface area contributed by atoms with E-state index in [2.05, 4.69) is 12.2 Å². The van der Waals surface area contributed by atoms with Gasteiger partial charge < -0.3 is 14.8 Å². The third kappa shape index (κ3) is 2.91. The van der Waals surface area contributed by atoms with Crippen molar-refractivity contribution < 1.29 is 14.3 Å². The summed E-state index contributed by atoms with van der Waals surface area (Å²) in [5.41, 5.74) is 2.03. The number of carbonyl (C=O) groups is 1. The third-order valence-corrected chi connectivity index (χ3v) is 5.72. The molecule has 3 atom stereocenters. The Morgan fingerprint density at radius 1 is 1.22 bits per heavy atom. The average Bonchev–Trinajstić information content (AvgIpc) is 3.23. The first kappa shape index (κ1) is 14.9. The van der Waals surface area contributed by atoms with Gasteiger partial charge in [0.1, 0.15) is 0 Å².